The molecule has 1 aromatic carbocycles. The minimum Gasteiger partial charge on any atom is -0.378 e. The van der Waals surface area contributed by atoms with Gasteiger partial charge in [-0.2, -0.15) is 0 Å². The van der Waals surface area contributed by atoms with Crippen LogP contribution < -0.4 is 15.5 Å². The molecule has 0 radical (unpaired) electrons. The first kappa shape index (κ1) is 18.8. The van der Waals surface area contributed by atoms with Gasteiger partial charge in [0, 0.05) is 31.9 Å². The normalized spacial score (nSPS) is 11.9. The molecule has 0 saturated carbocycles. The van der Waals surface area contributed by atoms with Crippen molar-refractivity contribution in [3.8, 4) is 0 Å². The second kappa shape index (κ2) is 8.05. The summed E-state index contributed by atoms with van der Waals surface area (Å²) in [5.41, 5.74) is 5.19. The third-order valence-electron chi connectivity index (χ3n) is 4.43. The van der Waals surface area contributed by atoms with E-state index in [2.05, 4.69) is 45.8 Å². The van der Waals surface area contributed by atoms with E-state index in [1.54, 1.807) is 0 Å². The lowest BCUT2D eigenvalue weighted by atomic mass is 10.0. The molecule has 0 saturated heterocycles. The number of carbonyl (C=O) groups is 1. The molecule has 2 amide bonds. The third-order valence-corrected chi connectivity index (χ3v) is 4.43. The quantitative estimate of drug-likeness (QED) is 0.840. The molecule has 1 aromatic heterocycles. The maximum atomic E-state index is 12.3. The summed E-state index contributed by atoms with van der Waals surface area (Å²) in [5.74, 6) is 0.750. The lowest BCUT2D eigenvalue weighted by Crippen LogP contribution is -2.37. The topological polar surface area (TPSA) is 70.4 Å². The summed E-state index contributed by atoms with van der Waals surface area (Å²) in [6.07, 6.45) is 0.771. The molecule has 0 unspecified atom stereocenters. The maximum Gasteiger partial charge on any atom is 0.315 e. The Hall–Kier alpha value is -2.50. The lowest BCUT2D eigenvalue weighted by Gasteiger charge is -2.18. The van der Waals surface area contributed by atoms with Crippen molar-refractivity contribution >= 4 is 11.7 Å². The summed E-state index contributed by atoms with van der Waals surface area (Å²) in [6.45, 7) is 8.34. The van der Waals surface area contributed by atoms with Crippen LogP contribution in [0.4, 0.5) is 10.5 Å². The van der Waals surface area contributed by atoms with E-state index in [1.165, 1.54) is 0 Å². The molecule has 1 atom stereocenters. The highest BCUT2D eigenvalue weighted by atomic mass is 16.5. The SMILES string of the molecule is CC[C@H](NC(=O)NCc1ccc(N(C)C)cc1C)c1c(C)noc1C. The number of amides is 2. The molecule has 2 aromatic rings. The van der Waals surface area contributed by atoms with Gasteiger partial charge in [0.05, 0.1) is 11.7 Å². The Morgan fingerprint density at radius 3 is 2.52 bits per heavy atom. The van der Waals surface area contributed by atoms with Crippen LogP contribution in [0.2, 0.25) is 0 Å². The number of rotatable bonds is 6. The van der Waals surface area contributed by atoms with Crippen LogP contribution in [-0.4, -0.2) is 25.3 Å². The first-order valence-corrected chi connectivity index (χ1v) is 8.57. The summed E-state index contributed by atoms with van der Waals surface area (Å²) >= 11 is 0. The van der Waals surface area contributed by atoms with Gasteiger partial charge in [-0.15, -0.1) is 0 Å². The van der Waals surface area contributed by atoms with Gasteiger partial charge in [-0.25, -0.2) is 4.79 Å². The van der Waals surface area contributed by atoms with E-state index >= 15 is 0 Å². The van der Waals surface area contributed by atoms with E-state index in [4.69, 9.17) is 4.52 Å². The molecular formula is C19H28N4O2. The van der Waals surface area contributed by atoms with Gasteiger partial charge >= 0.3 is 6.03 Å². The zero-order valence-corrected chi connectivity index (χ0v) is 15.9. The van der Waals surface area contributed by atoms with Crippen molar-refractivity contribution in [1.82, 2.24) is 15.8 Å². The van der Waals surface area contributed by atoms with E-state index in [1.807, 2.05) is 34.9 Å². The first-order chi connectivity index (χ1) is 11.8. The minimum absolute atomic E-state index is 0.108. The summed E-state index contributed by atoms with van der Waals surface area (Å²) in [6, 6.07) is 5.93. The van der Waals surface area contributed by atoms with Gasteiger partial charge in [0.1, 0.15) is 5.76 Å². The van der Waals surface area contributed by atoms with Crippen molar-refractivity contribution in [2.75, 3.05) is 19.0 Å². The molecule has 0 aliphatic heterocycles. The summed E-state index contributed by atoms with van der Waals surface area (Å²) in [7, 11) is 4.03. The number of hydrogen-bond donors (Lipinski definition) is 2. The Bertz CT molecular complexity index is 718. The van der Waals surface area contributed by atoms with Crippen molar-refractivity contribution in [3.05, 3.63) is 46.3 Å². The number of benzene rings is 1. The van der Waals surface area contributed by atoms with Crippen LogP contribution in [0.3, 0.4) is 0 Å². The van der Waals surface area contributed by atoms with E-state index in [0.717, 1.165) is 40.3 Å². The fourth-order valence-electron chi connectivity index (χ4n) is 2.91. The predicted octanol–water partition coefficient (Wildman–Crippen LogP) is 3.62. The average Bonchev–Trinajstić information content (AvgIpc) is 2.90. The average molecular weight is 344 g/mol. The van der Waals surface area contributed by atoms with Gasteiger partial charge < -0.3 is 20.1 Å². The molecule has 0 aliphatic rings. The highest BCUT2D eigenvalue weighted by Crippen LogP contribution is 2.24. The number of nitrogens with zero attached hydrogens (tertiary/aromatic N) is 2. The molecule has 2 rings (SSSR count). The van der Waals surface area contributed by atoms with E-state index < -0.39 is 0 Å². The van der Waals surface area contributed by atoms with Crippen LogP contribution >= 0.6 is 0 Å². The van der Waals surface area contributed by atoms with Crippen molar-refractivity contribution in [3.63, 3.8) is 0 Å². The molecule has 2 N–H and O–H groups in total. The van der Waals surface area contributed by atoms with Crippen LogP contribution in [-0.2, 0) is 6.54 Å². The number of nitrogens with one attached hydrogen (secondary N) is 2. The predicted molar refractivity (Wildman–Crippen MR) is 99.9 cm³/mol. The summed E-state index contributed by atoms with van der Waals surface area (Å²) in [4.78, 5) is 14.4. The van der Waals surface area contributed by atoms with E-state index in [9.17, 15) is 4.79 Å². The first-order valence-electron chi connectivity index (χ1n) is 8.57. The molecule has 136 valence electrons. The van der Waals surface area contributed by atoms with Crippen LogP contribution in [0.5, 0.6) is 0 Å². The fraction of sp³-hybridized carbons (Fsp3) is 0.474. The Kier molecular flexibility index (Phi) is 6.07. The highest BCUT2D eigenvalue weighted by molar-refractivity contribution is 5.74. The summed E-state index contributed by atoms with van der Waals surface area (Å²) in [5, 5.41) is 9.92. The van der Waals surface area contributed by atoms with Crippen molar-refractivity contribution in [2.45, 2.75) is 46.7 Å². The molecule has 0 spiro atoms. The molecular weight excluding hydrogens is 316 g/mol. The van der Waals surface area contributed by atoms with E-state index in [-0.39, 0.29) is 12.1 Å². The van der Waals surface area contributed by atoms with Crippen molar-refractivity contribution < 1.29 is 9.32 Å². The van der Waals surface area contributed by atoms with Gasteiger partial charge in [0.15, 0.2) is 0 Å². The molecule has 6 nitrogen and oxygen atoms in total. The van der Waals surface area contributed by atoms with Crippen LogP contribution in [0.25, 0.3) is 0 Å². The Labute approximate surface area is 149 Å². The number of aryl methyl sites for hydroxylation is 3. The number of carbonyl (C=O) groups excluding carboxylic acids is 1. The van der Waals surface area contributed by atoms with Gasteiger partial charge in [0.25, 0.3) is 0 Å². The smallest absolute Gasteiger partial charge is 0.315 e. The Balaban J connectivity index is 1.98. The number of hydrogen-bond acceptors (Lipinski definition) is 4. The lowest BCUT2D eigenvalue weighted by molar-refractivity contribution is 0.236. The van der Waals surface area contributed by atoms with Crippen LogP contribution in [0.15, 0.2) is 22.7 Å². The van der Waals surface area contributed by atoms with Gasteiger partial charge in [-0.05, 0) is 50.5 Å². The third kappa shape index (κ3) is 4.53. The Morgan fingerprint density at radius 2 is 2.00 bits per heavy atom. The van der Waals surface area contributed by atoms with Gasteiger partial charge in [0.2, 0.25) is 0 Å². The van der Waals surface area contributed by atoms with Crippen molar-refractivity contribution in [2.24, 2.45) is 0 Å². The second-order valence-electron chi connectivity index (χ2n) is 6.53. The molecule has 0 fully saturated rings. The monoisotopic (exact) mass is 344 g/mol. The molecule has 6 heteroatoms. The maximum absolute atomic E-state index is 12.3. The zero-order chi connectivity index (χ0) is 18.6. The van der Waals surface area contributed by atoms with Gasteiger partial charge in [-0.3, -0.25) is 0 Å². The zero-order valence-electron chi connectivity index (χ0n) is 15.9. The molecule has 0 aliphatic carbocycles. The fourth-order valence-corrected chi connectivity index (χ4v) is 2.91. The molecule has 0 bridgehead atoms. The molecule has 1 heterocycles. The van der Waals surface area contributed by atoms with Crippen LogP contribution in [0, 0.1) is 20.8 Å². The van der Waals surface area contributed by atoms with Gasteiger partial charge in [-0.1, -0.05) is 18.1 Å². The number of anilines is 1. The standard InChI is InChI=1S/C19H28N4O2/c1-7-17(18-13(3)22-25-14(18)4)21-19(24)20-11-15-8-9-16(23(5)6)10-12(15)2/h8-10,17H,7,11H2,1-6H3,(H2,20,21,24)/t17-/m0/s1. The minimum atomic E-state index is -0.192. The molecule has 25 heavy (non-hydrogen) atoms. The second-order valence-corrected chi connectivity index (χ2v) is 6.53. The summed E-state index contributed by atoms with van der Waals surface area (Å²) < 4.78 is 5.21. The number of aromatic nitrogens is 1. The number of urea groups is 1. The van der Waals surface area contributed by atoms with Crippen LogP contribution in [0.1, 0.15) is 47.5 Å². The Morgan fingerprint density at radius 1 is 1.28 bits per heavy atom. The van der Waals surface area contributed by atoms with E-state index in [0.29, 0.717) is 6.54 Å². The highest BCUT2D eigenvalue weighted by Gasteiger charge is 2.20. The largest absolute Gasteiger partial charge is 0.378 e. The van der Waals surface area contributed by atoms with Crippen molar-refractivity contribution in [1.29, 1.82) is 0 Å².